The van der Waals surface area contributed by atoms with E-state index in [1.54, 1.807) is 13.2 Å². The summed E-state index contributed by atoms with van der Waals surface area (Å²) in [5.74, 6) is 0.108. The van der Waals surface area contributed by atoms with Crippen LogP contribution in [0.1, 0.15) is 25.0 Å². The molecule has 0 aliphatic rings. The third kappa shape index (κ3) is 3.12. The first-order chi connectivity index (χ1) is 7.99. The van der Waals surface area contributed by atoms with Gasteiger partial charge >= 0.3 is 5.97 Å². The van der Waals surface area contributed by atoms with Crippen molar-refractivity contribution < 1.29 is 19.4 Å². The maximum Gasteiger partial charge on any atom is 0.344 e. The van der Waals surface area contributed by atoms with Crippen LogP contribution in [0, 0.1) is 6.92 Å². The van der Waals surface area contributed by atoms with Gasteiger partial charge in [-0.05, 0) is 37.5 Å². The Labute approximate surface area is 101 Å². The third-order valence-electron chi connectivity index (χ3n) is 2.51. The van der Waals surface area contributed by atoms with E-state index in [1.807, 2.05) is 19.9 Å². The van der Waals surface area contributed by atoms with Gasteiger partial charge in [-0.15, -0.1) is 0 Å². The Bertz CT molecular complexity index is 412. The number of hydrogen-bond acceptors (Lipinski definition) is 3. The molecule has 0 amide bonds. The normalized spacial score (nSPS) is 12.0. The molecule has 1 rings (SSSR count). The molecule has 0 saturated carbocycles. The van der Waals surface area contributed by atoms with Gasteiger partial charge in [0.25, 0.3) is 0 Å². The number of ether oxygens (including phenoxy) is 2. The Kier molecular flexibility index (Phi) is 4.37. The van der Waals surface area contributed by atoms with E-state index in [2.05, 4.69) is 0 Å². The number of rotatable bonds is 5. The number of aliphatic carboxylic acids is 1. The van der Waals surface area contributed by atoms with Crippen molar-refractivity contribution in [1.82, 2.24) is 0 Å². The van der Waals surface area contributed by atoms with E-state index >= 15 is 0 Å². The highest BCUT2D eigenvalue weighted by molar-refractivity contribution is 5.72. The van der Waals surface area contributed by atoms with Crippen LogP contribution < -0.4 is 9.47 Å². The molecule has 4 nitrogen and oxygen atoms in total. The monoisotopic (exact) mass is 238 g/mol. The number of hydrogen-bond donors (Lipinski definition) is 1. The van der Waals surface area contributed by atoms with Crippen LogP contribution in [0.4, 0.5) is 0 Å². The van der Waals surface area contributed by atoms with E-state index in [4.69, 9.17) is 14.6 Å². The van der Waals surface area contributed by atoms with Crippen molar-refractivity contribution in [2.45, 2.75) is 33.3 Å². The Hall–Kier alpha value is -1.71. The van der Waals surface area contributed by atoms with Crippen LogP contribution in [0.25, 0.3) is 0 Å². The van der Waals surface area contributed by atoms with Gasteiger partial charge < -0.3 is 14.6 Å². The molecule has 4 heteroatoms. The quantitative estimate of drug-likeness (QED) is 0.855. The van der Waals surface area contributed by atoms with Crippen molar-refractivity contribution >= 4 is 5.97 Å². The summed E-state index contributed by atoms with van der Waals surface area (Å²) in [6, 6.07) is 3.80. The molecular weight excluding hydrogens is 220 g/mol. The van der Waals surface area contributed by atoms with Crippen molar-refractivity contribution in [3.8, 4) is 11.5 Å². The Morgan fingerprint density at radius 1 is 1.47 bits per heavy atom. The van der Waals surface area contributed by atoms with E-state index in [1.165, 1.54) is 6.92 Å². The molecule has 0 fully saturated rings. The number of benzene rings is 1. The number of aryl methyl sites for hydroxylation is 2. The number of carboxylic acids is 1. The predicted molar refractivity (Wildman–Crippen MR) is 64.8 cm³/mol. The van der Waals surface area contributed by atoms with Gasteiger partial charge in [0.1, 0.15) is 0 Å². The van der Waals surface area contributed by atoms with Gasteiger partial charge in [-0.25, -0.2) is 4.79 Å². The molecule has 1 unspecified atom stereocenters. The smallest absolute Gasteiger partial charge is 0.344 e. The highest BCUT2D eigenvalue weighted by Gasteiger charge is 2.17. The molecule has 94 valence electrons. The zero-order valence-electron chi connectivity index (χ0n) is 10.6. The maximum absolute atomic E-state index is 10.8. The molecule has 0 aromatic heterocycles. The van der Waals surface area contributed by atoms with Crippen LogP contribution >= 0.6 is 0 Å². The molecule has 1 atom stereocenters. The minimum atomic E-state index is -0.994. The summed E-state index contributed by atoms with van der Waals surface area (Å²) in [5.41, 5.74) is 2.04. The predicted octanol–water partition coefficient (Wildman–Crippen LogP) is 2.42. The van der Waals surface area contributed by atoms with Crippen LogP contribution in [-0.4, -0.2) is 24.3 Å². The highest BCUT2D eigenvalue weighted by atomic mass is 16.5. The summed E-state index contributed by atoms with van der Waals surface area (Å²) in [6.45, 7) is 5.45. The van der Waals surface area contributed by atoms with Gasteiger partial charge in [-0.2, -0.15) is 0 Å². The van der Waals surface area contributed by atoms with Gasteiger partial charge in [0.05, 0.1) is 7.11 Å². The van der Waals surface area contributed by atoms with Gasteiger partial charge in [0.2, 0.25) is 0 Å². The van der Waals surface area contributed by atoms with Crippen LogP contribution in [0.15, 0.2) is 12.1 Å². The summed E-state index contributed by atoms with van der Waals surface area (Å²) in [7, 11) is 1.56. The summed E-state index contributed by atoms with van der Waals surface area (Å²) in [5, 5.41) is 8.84. The van der Waals surface area contributed by atoms with Crippen molar-refractivity contribution in [2.24, 2.45) is 0 Å². The van der Waals surface area contributed by atoms with Crippen molar-refractivity contribution in [3.63, 3.8) is 0 Å². The minimum absolute atomic E-state index is 0.485. The maximum atomic E-state index is 10.8. The Morgan fingerprint density at radius 3 is 2.59 bits per heavy atom. The van der Waals surface area contributed by atoms with Crippen LogP contribution in [0.5, 0.6) is 11.5 Å². The van der Waals surface area contributed by atoms with Crippen molar-refractivity contribution in [2.75, 3.05) is 7.11 Å². The first-order valence-electron chi connectivity index (χ1n) is 5.56. The largest absolute Gasteiger partial charge is 0.493 e. The average Bonchev–Trinajstić information content (AvgIpc) is 2.27. The van der Waals surface area contributed by atoms with E-state index < -0.39 is 12.1 Å². The molecular formula is C13H18O4. The number of carbonyl (C=O) groups is 1. The SMILES string of the molecule is CCc1cc(C)cc(OC(C)C(=O)O)c1OC. The van der Waals surface area contributed by atoms with E-state index in [0.717, 1.165) is 17.5 Å². The molecule has 1 N–H and O–H groups in total. The minimum Gasteiger partial charge on any atom is -0.493 e. The summed E-state index contributed by atoms with van der Waals surface area (Å²) < 4.78 is 10.7. The average molecular weight is 238 g/mol. The highest BCUT2D eigenvalue weighted by Crippen LogP contribution is 2.33. The molecule has 0 heterocycles. The zero-order valence-corrected chi connectivity index (χ0v) is 10.6. The standard InChI is InChI=1S/C13H18O4/c1-5-10-6-8(2)7-11(12(10)16-4)17-9(3)13(14)15/h6-7,9H,5H2,1-4H3,(H,14,15). The van der Waals surface area contributed by atoms with Crippen molar-refractivity contribution in [1.29, 1.82) is 0 Å². The van der Waals surface area contributed by atoms with Gasteiger partial charge in [-0.3, -0.25) is 0 Å². The molecule has 17 heavy (non-hydrogen) atoms. The van der Waals surface area contributed by atoms with Gasteiger partial charge in [0.15, 0.2) is 17.6 Å². The lowest BCUT2D eigenvalue weighted by molar-refractivity contribution is -0.144. The fourth-order valence-electron chi connectivity index (χ4n) is 1.64. The Balaban J connectivity index is 3.12. The van der Waals surface area contributed by atoms with Gasteiger partial charge in [0, 0.05) is 0 Å². The Morgan fingerprint density at radius 2 is 2.12 bits per heavy atom. The number of methoxy groups -OCH3 is 1. The fraction of sp³-hybridized carbons (Fsp3) is 0.462. The lowest BCUT2D eigenvalue weighted by Gasteiger charge is -2.17. The number of carboxylic acid groups (broad SMARTS) is 1. The molecule has 0 radical (unpaired) electrons. The lowest BCUT2D eigenvalue weighted by Crippen LogP contribution is -2.23. The first-order valence-corrected chi connectivity index (χ1v) is 5.56. The molecule has 0 aliphatic heterocycles. The first kappa shape index (κ1) is 13.4. The van der Waals surface area contributed by atoms with Crippen molar-refractivity contribution in [3.05, 3.63) is 23.3 Å². The second-order valence-electron chi connectivity index (χ2n) is 3.91. The summed E-state index contributed by atoms with van der Waals surface area (Å²) >= 11 is 0. The lowest BCUT2D eigenvalue weighted by atomic mass is 10.1. The molecule has 0 spiro atoms. The molecule has 0 bridgehead atoms. The van der Waals surface area contributed by atoms with E-state index in [0.29, 0.717) is 11.5 Å². The second kappa shape index (κ2) is 5.57. The van der Waals surface area contributed by atoms with Crippen LogP contribution in [-0.2, 0) is 11.2 Å². The van der Waals surface area contributed by atoms with E-state index in [-0.39, 0.29) is 0 Å². The molecule has 0 aliphatic carbocycles. The fourth-order valence-corrected chi connectivity index (χ4v) is 1.64. The van der Waals surface area contributed by atoms with Crippen LogP contribution in [0.2, 0.25) is 0 Å². The van der Waals surface area contributed by atoms with Crippen LogP contribution in [0.3, 0.4) is 0 Å². The molecule has 1 aromatic rings. The van der Waals surface area contributed by atoms with Gasteiger partial charge in [-0.1, -0.05) is 13.0 Å². The second-order valence-corrected chi connectivity index (χ2v) is 3.91. The summed E-state index contributed by atoms with van der Waals surface area (Å²) in [6.07, 6.45) is -0.0849. The summed E-state index contributed by atoms with van der Waals surface area (Å²) in [4.78, 5) is 10.8. The molecule has 1 aromatic carbocycles. The van der Waals surface area contributed by atoms with E-state index in [9.17, 15) is 4.79 Å². The molecule has 0 saturated heterocycles. The zero-order chi connectivity index (χ0) is 13.0. The topological polar surface area (TPSA) is 55.8 Å². The third-order valence-corrected chi connectivity index (χ3v) is 2.51.